The summed E-state index contributed by atoms with van der Waals surface area (Å²) in [6.45, 7) is 3.07. The molecule has 0 unspecified atom stereocenters. The zero-order valence-electron chi connectivity index (χ0n) is 14.1. The summed E-state index contributed by atoms with van der Waals surface area (Å²) in [6, 6.07) is 3.88. The van der Waals surface area contributed by atoms with E-state index in [2.05, 4.69) is 28.6 Å². The predicted molar refractivity (Wildman–Crippen MR) is 96.3 cm³/mol. The second kappa shape index (κ2) is 5.97. The molecule has 0 bridgehead atoms. The Morgan fingerprint density at radius 1 is 1.44 bits per heavy atom. The summed E-state index contributed by atoms with van der Waals surface area (Å²) < 4.78 is 28.4. The molecule has 0 radical (unpaired) electrons. The largest absolute Gasteiger partial charge is 0.342 e. The molecule has 0 N–H and O–H groups in total. The van der Waals surface area contributed by atoms with Gasteiger partial charge in [0.15, 0.2) is 5.75 Å². The average Bonchev–Trinajstić information content (AvgIpc) is 3.20. The van der Waals surface area contributed by atoms with Crippen molar-refractivity contribution < 1.29 is 8.42 Å². The number of sulfonamides is 1. The van der Waals surface area contributed by atoms with Crippen LogP contribution in [0.5, 0.6) is 0 Å². The van der Waals surface area contributed by atoms with Crippen LogP contribution in [0.2, 0.25) is 0 Å². The van der Waals surface area contributed by atoms with Gasteiger partial charge < -0.3 is 4.57 Å². The lowest BCUT2D eigenvalue weighted by molar-refractivity contribution is 0.205. The zero-order valence-corrected chi connectivity index (χ0v) is 14.9. The van der Waals surface area contributed by atoms with Crippen molar-refractivity contribution >= 4 is 27.0 Å². The van der Waals surface area contributed by atoms with Crippen molar-refractivity contribution in [3.63, 3.8) is 0 Å². The fourth-order valence-corrected chi connectivity index (χ4v) is 5.03. The third kappa shape index (κ3) is 2.66. The van der Waals surface area contributed by atoms with Crippen molar-refractivity contribution in [1.29, 1.82) is 5.26 Å². The number of piperidine rings is 1. The minimum atomic E-state index is -3.51. The number of fused-ring (bicyclic) bond motifs is 3. The summed E-state index contributed by atoms with van der Waals surface area (Å²) >= 11 is 0. The lowest BCUT2D eigenvalue weighted by Gasteiger charge is -2.37. The van der Waals surface area contributed by atoms with E-state index in [0.29, 0.717) is 19.0 Å². The van der Waals surface area contributed by atoms with Crippen LogP contribution < -0.4 is 0 Å². The molecule has 1 saturated heterocycles. The van der Waals surface area contributed by atoms with Crippen LogP contribution in [0.4, 0.5) is 0 Å². The van der Waals surface area contributed by atoms with E-state index in [1.165, 1.54) is 4.31 Å². The SMILES string of the molecule is C[C@@H]1CCN(S(=O)(=O)CC#N)C[C@@H]1n1ccc2cnc3c(c21)C=CC3. The number of hydrogen-bond acceptors (Lipinski definition) is 4. The molecular weight excluding hydrogens is 336 g/mol. The van der Waals surface area contributed by atoms with Crippen LogP contribution >= 0.6 is 0 Å². The van der Waals surface area contributed by atoms with Crippen molar-refractivity contribution in [3.05, 3.63) is 35.8 Å². The van der Waals surface area contributed by atoms with Gasteiger partial charge in [-0.1, -0.05) is 19.1 Å². The summed E-state index contributed by atoms with van der Waals surface area (Å²) in [6.07, 6.45) is 9.80. The second-order valence-corrected chi connectivity index (χ2v) is 8.83. The molecule has 2 atom stereocenters. The summed E-state index contributed by atoms with van der Waals surface area (Å²) in [5.41, 5.74) is 3.35. The van der Waals surface area contributed by atoms with Crippen LogP contribution in [0.15, 0.2) is 24.5 Å². The number of aromatic nitrogens is 2. The van der Waals surface area contributed by atoms with Crippen molar-refractivity contribution in [2.24, 2.45) is 5.92 Å². The van der Waals surface area contributed by atoms with Crippen LogP contribution in [0, 0.1) is 17.2 Å². The van der Waals surface area contributed by atoms with Gasteiger partial charge in [0.05, 0.1) is 23.3 Å². The molecule has 1 aliphatic carbocycles. The van der Waals surface area contributed by atoms with E-state index in [4.69, 9.17) is 5.26 Å². The highest BCUT2D eigenvalue weighted by molar-refractivity contribution is 7.89. The fourth-order valence-electron chi connectivity index (χ4n) is 3.93. The first-order chi connectivity index (χ1) is 12.0. The van der Waals surface area contributed by atoms with Crippen molar-refractivity contribution in [3.8, 4) is 6.07 Å². The van der Waals surface area contributed by atoms with E-state index in [1.54, 1.807) is 6.07 Å². The molecule has 1 aliphatic heterocycles. The number of hydrogen-bond donors (Lipinski definition) is 0. The predicted octanol–water partition coefficient (Wildman–Crippen LogP) is 2.34. The van der Waals surface area contributed by atoms with Gasteiger partial charge in [0, 0.05) is 42.9 Å². The van der Waals surface area contributed by atoms with E-state index in [-0.39, 0.29) is 6.04 Å². The third-order valence-electron chi connectivity index (χ3n) is 5.35. The van der Waals surface area contributed by atoms with Crippen LogP contribution in [-0.2, 0) is 16.4 Å². The van der Waals surface area contributed by atoms with Gasteiger partial charge in [0.25, 0.3) is 0 Å². The molecule has 130 valence electrons. The number of rotatable bonds is 3. The van der Waals surface area contributed by atoms with Crippen molar-refractivity contribution in [2.45, 2.75) is 25.8 Å². The summed E-state index contributed by atoms with van der Waals surface area (Å²) in [4.78, 5) is 4.53. The normalized spacial score (nSPS) is 23.7. The molecule has 2 aromatic heterocycles. The molecule has 1 fully saturated rings. The number of pyridine rings is 1. The monoisotopic (exact) mass is 356 g/mol. The summed E-state index contributed by atoms with van der Waals surface area (Å²) in [7, 11) is -3.51. The van der Waals surface area contributed by atoms with Gasteiger partial charge in [-0.15, -0.1) is 0 Å². The van der Waals surface area contributed by atoms with Gasteiger partial charge in [0.1, 0.15) is 0 Å². The molecule has 6 nitrogen and oxygen atoms in total. The third-order valence-corrected chi connectivity index (χ3v) is 6.96. The van der Waals surface area contributed by atoms with Crippen LogP contribution in [0.1, 0.15) is 30.6 Å². The maximum Gasteiger partial charge on any atom is 0.227 e. The first kappa shape index (κ1) is 16.3. The van der Waals surface area contributed by atoms with E-state index in [1.807, 2.05) is 18.5 Å². The smallest absolute Gasteiger partial charge is 0.227 e. The van der Waals surface area contributed by atoms with E-state index >= 15 is 0 Å². The Hall–Kier alpha value is -2.17. The lowest BCUT2D eigenvalue weighted by atomic mass is 9.94. The van der Waals surface area contributed by atoms with Crippen molar-refractivity contribution in [1.82, 2.24) is 13.9 Å². The molecule has 2 aliphatic rings. The highest BCUT2D eigenvalue weighted by Gasteiger charge is 2.34. The van der Waals surface area contributed by atoms with Gasteiger partial charge in [-0.05, 0) is 18.4 Å². The van der Waals surface area contributed by atoms with Gasteiger partial charge in [-0.2, -0.15) is 9.57 Å². The topological polar surface area (TPSA) is 79.0 Å². The summed E-state index contributed by atoms with van der Waals surface area (Å²) in [5.74, 6) is -0.0962. The van der Waals surface area contributed by atoms with Crippen LogP contribution in [0.25, 0.3) is 17.0 Å². The van der Waals surface area contributed by atoms with E-state index in [9.17, 15) is 8.42 Å². The van der Waals surface area contributed by atoms with Gasteiger partial charge in [-0.25, -0.2) is 8.42 Å². The second-order valence-electron chi connectivity index (χ2n) is 6.86. The number of nitrogens with zero attached hydrogens (tertiary/aromatic N) is 4. The first-order valence-electron chi connectivity index (χ1n) is 8.51. The van der Waals surface area contributed by atoms with Crippen molar-refractivity contribution in [2.75, 3.05) is 18.8 Å². The molecule has 0 spiro atoms. The molecule has 0 aromatic carbocycles. The molecule has 7 heteroatoms. The number of nitriles is 1. The standard InChI is InChI=1S/C18H20N4O2S/c1-13-5-8-21(25(23,24)10-7-19)12-17(13)22-9-6-14-11-20-16-4-2-3-15(16)18(14)22/h2-3,6,9,11,13,17H,4-5,8,10,12H2,1H3/t13-,17+/m1/s1. The van der Waals surface area contributed by atoms with Gasteiger partial charge in [0.2, 0.25) is 10.0 Å². The minimum absolute atomic E-state index is 0.0558. The fraction of sp³-hybridized carbons (Fsp3) is 0.444. The Balaban J connectivity index is 1.76. The Morgan fingerprint density at radius 3 is 3.08 bits per heavy atom. The maximum absolute atomic E-state index is 12.3. The zero-order chi connectivity index (χ0) is 17.6. The first-order valence-corrected chi connectivity index (χ1v) is 10.1. The molecule has 0 saturated carbocycles. The molecule has 0 amide bonds. The lowest BCUT2D eigenvalue weighted by Crippen LogP contribution is -2.44. The Labute approximate surface area is 147 Å². The van der Waals surface area contributed by atoms with Gasteiger partial charge >= 0.3 is 0 Å². The quantitative estimate of drug-likeness (QED) is 0.845. The summed E-state index contributed by atoms with van der Waals surface area (Å²) in [5, 5.41) is 9.88. The Morgan fingerprint density at radius 2 is 2.28 bits per heavy atom. The van der Waals surface area contributed by atoms with Crippen LogP contribution in [-0.4, -0.2) is 41.1 Å². The Bertz CT molecular complexity index is 1000. The van der Waals surface area contributed by atoms with E-state index < -0.39 is 15.8 Å². The average molecular weight is 356 g/mol. The minimum Gasteiger partial charge on any atom is -0.342 e. The van der Waals surface area contributed by atoms with E-state index in [0.717, 1.165) is 35.0 Å². The molecule has 3 heterocycles. The molecule has 4 rings (SSSR count). The number of allylic oxidation sites excluding steroid dienone is 1. The Kier molecular flexibility index (Phi) is 3.89. The molecule has 25 heavy (non-hydrogen) atoms. The highest BCUT2D eigenvalue weighted by Crippen LogP contribution is 2.35. The maximum atomic E-state index is 12.3. The molecule has 2 aromatic rings. The van der Waals surface area contributed by atoms with Gasteiger partial charge in [-0.3, -0.25) is 4.98 Å². The highest BCUT2D eigenvalue weighted by atomic mass is 32.2. The molecular formula is C18H20N4O2S. The van der Waals surface area contributed by atoms with Crippen LogP contribution in [0.3, 0.4) is 0 Å².